The molecule has 1 aliphatic rings. The third-order valence-corrected chi connectivity index (χ3v) is 6.00. The number of piperidine rings is 1. The molecule has 1 unspecified atom stereocenters. The summed E-state index contributed by atoms with van der Waals surface area (Å²) >= 11 is 0. The summed E-state index contributed by atoms with van der Waals surface area (Å²) in [6.45, 7) is 4.17. The second kappa shape index (κ2) is 5.90. The molecule has 2 heterocycles. The second-order valence-electron chi connectivity index (χ2n) is 5.06. The van der Waals surface area contributed by atoms with E-state index in [9.17, 15) is 13.2 Å². The Kier molecular flexibility index (Phi) is 4.42. The molecular weight excluding hydrogens is 280 g/mol. The molecule has 0 spiro atoms. The fourth-order valence-corrected chi connectivity index (χ4v) is 3.40. The van der Waals surface area contributed by atoms with Gasteiger partial charge in [-0.2, -0.15) is 5.10 Å². The number of sulfone groups is 1. The van der Waals surface area contributed by atoms with E-state index in [2.05, 4.69) is 15.2 Å². The standard InChI is InChI=1S/C12H20N4O3S/c1-3-20(18,19)9(2)12(17)16-6-4-10(5-7-16)11-13-8-14-15-11/h8-10H,3-7H2,1-2H3,(H,13,14,15). The van der Waals surface area contributed by atoms with Crippen molar-refractivity contribution in [2.45, 2.75) is 37.9 Å². The number of likely N-dealkylation sites (tertiary alicyclic amines) is 1. The number of H-pyrrole nitrogens is 1. The summed E-state index contributed by atoms with van der Waals surface area (Å²) in [7, 11) is -3.32. The molecule has 0 aromatic carbocycles. The number of carbonyl (C=O) groups is 1. The molecule has 7 nitrogen and oxygen atoms in total. The highest BCUT2D eigenvalue weighted by Crippen LogP contribution is 2.25. The predicted octanol–water partition coefficient (Wildman–Crippen LogP) is 0.334. The van der Waals surface area contributed by atoms with Crippen molar-refractivity contribution in [3.8, 4) is 0 Å². The van der Waals surface area contributed by atoms with Crippen molar-refractivity contribution in [3.63, 3.8) is 0 Å². The first-order valence-corrected chi connectivity index (χ1v) is 8.53. The fourth-order valence-electron chi connectivity index (χ4n) is 2.45. The summed E-state index contributed by atoms with van der Waals surface area (Å²) in [6, 6.07) is 0. The molecule has 1 N–H and O–H groups in total. The van der Waals surface area contributed by atoms with Gasteiger partial charge in [0.05, 0.1) is 0 Å². The van der Waals surface area contributed by atoms with E-state index in [4.69, 9.17) is 0 Å². The van der Waals surface area contributed by atoms with Crippen molar-refractivity contribution in [2.24, 2.45) is 0 Å². The van der Waals surface area contributed by atoms with Crippen molar-refractivity contribution in [3.05, 3.63) is 12.2 Å². The lowest BCUT2D eigenvalue weighted by Gasteiger charge is -2.32. The van der Waals surface area contributed by atoms with E-state index in [1.54, 1.807) is 11.8 Å². The van der Waals surface area contributed by atoms with E-state index in [1.165, 1.54) is 13.3 Å². The van der Waals surface area contributed by atoms with Crippen molar-refractivity contribution in [1.29, 1.82) is 0 Å². The van der Waals surface area contributed by atoms with Crippen LogP contribution in [-0.4, -0.2) is 58.5 Å². The molecule has 8 heteroatoms. The van der Waals surface area contributed by atoms with Crippen LogP contribution in [0.2, 0.25) is 0 Å². The summed E-state index contributed by atoms with van der Waals surface area (Å²) in [5, 5.41) is 5.72. The van der Waals surface area contributed by atoms with E-state index >= 15 is 0 Å². The minimum atomic E-state index is -3.32. The zero-order chi connectivity index (χ0) is 14.8. The van der Waals surface area contributed by atoms with Crippen LogP contribution < -0.4 is 0 Å². The van der Waals surface area contributed by atoms with Gasteiger partial charge < -0.3 is 4.90 Å². The number of hydrogen-bond donors (Lipinski definition) is 1. The maximum atomic E-state index is 12.2. The van der Waals surface area contributed by atoms with Crippen molar-refractivity contribution in [2.75, 3.05) is 18.8 Å². The van der Waals surface area contributed by atoms with Crippen molar-refractivity contribution in [1.82, 2.24) is 20.1 Å². The molecule has 1 aromatic heterocycles. The van der Waals surface area contributed by atoms with E-state index in [-0.39, 0.29) is 17.6 Å². The zero-order valence-electron chi connectivity index (χ0n) is 11.7. The molecule has 0 radical (unpaired) electrons. The Labute approximate surface area is 118 Å². The molecule has 1 amide bonds. The highest BCUT2D eigenvalue weighted by atomic mass is 32.2. The maximum absolute atomic E-state index is 12.2. The molecule has 0 aliphatic carbocycles. The maximum Gasteiger partial charge on any atom is 0.240 e. The number of rotatable bonds is 4. The highest BCUT2D eigenvalue weighted by molar-refractivity contribution is 7.92. The summed E-state index contributed by atoms with van der Waals surface area (Å²) in [6.07, 6.45) is 3.03. The quantitative estimate of drug-likeness (QED) is 0.864. The van der Waals surface area contributed by atoms with Crippen LogP contribution in [0, 0.1) is 0 Å². The number of nitrogens with one attached hydrogen (secondary N) is 1. The summed E-state index contributed by atoms with van der Waals surface area (Å²) in [5.74, 6) is 0.808. The number of nitrogens with zero attached hydrogens (tertiary/aromatic N) is 3. The monoisotopic (exact) mass is 300 g/mol. The smallest absolute Gasteiger partial charge is 0.240 e. The fraction of sp³-hybridized carbons (Fsp3) is 0.750. The Morgan fingerprint density at radius 3 is 2.65 bits per heavy atom. The van der Waals surface area contributed by atoms with Gasteiger partial charge in [-0.3, -0.25) is 9.89 Å². The van der Waals surface area contributed by atoms with Gasteiger partial charge in [-0.1, -0.05) is 6.92 Å². The first kappa shape index (κ1) is 15.0. The normalized spacial score (nSPS) is 19.0. The molecule has 112 valence electrons. The average molecular weight is 300 g/mol. The summed E-state index contributed by atoms with van der Waals surface area (Å²) in [5.41, 5.74) is 0. The average Bonchev–Trinajstić information content (AvgIpc) is 3.00. The predicted molar refractivity (Wildman–Crippen MR) is 73.9 cm³/mol. The SMILES string of the molecule is CCS(=O)(=O)C(C)C(=O)N1CCC(c2ncn[nH]2)CC1. The van der Waals surface area contributed by atoms with Crippen molar-refractivity contribution >= 4 is 15.7 Å². The minimum absolute atomic E-state index is 0.00552. The van der Waals surface area contributed by atoms with E-state index < -0.39 is 15.1 Å². The topological polar surface area (TPSA) is 96.0 Å². The van der Waals surface area contributed by atoms with Crippen LogP contribution in [0.25, 0.3) is 0 Å². The Balaban J connectivity index is 1.95. The van der Waals surface area contributed by atoms with Gasteiger partial charge in [0.15, 0.2) is 9.84 Å². The second-order valence-corrected chi connectivity index (χ2v) is 7.67. The number of aromatic nitrogens is 3. The molecule has 1 aliphatic heterocycles. The molecule has 20 heavy (non-hydrogen) atoms. The Bertz CT molecular complexity index is 547. The lowest BCUT2D eigenvalue weighted by Crippen LogP contribution is -2.45. The lowest BCUT2D eigenvalue weighted by molar-refractivity contribution is -0.131. The Morgan fingerprint density at radius 1 is 1.50 bits per heavy atom. The van der Waals surface area contributed by atoms with Crippen LogP contribution >= 0.6 is 0 Å². The van der Waals surface area contributed by atoms with Crippen LogP contribution in [0.1, 0.15) is 38.4 Å². The van der Waals surface area contributed by atoms with Gasteiger partial charge in [-0.25, -0.2) is 13.4 Å². The van der Waals surface area contributed by atoms with Crippen LogP contribution in [0.15, 0.2) is 6.33 Å². The highest BCUT2D eigenvalue weighted by Gasteiger charge is 2.33. The van der Waals surface area contributed by atoms with Gasteiger partial charge in [-0.05, 0) is 19.8 Å². The lowest BCUT2D eigenvalue weighted by atomic mass is 9.96. The third kappa shape index (κ3) is 3.00. The summed E-state index contributed by atoms with van der Waals surface area (Å²) in [4.78, 5) is 18.0. The minimum Gasteiger partial charge on any atom is -0.342 e. The third-order valence-electron chi connectivity index (χ3n) is 3.92. The van der Waals surface area contributed by atoms with Gasteiger partial charge in [0, 0.05) is 24.8 Å². The molecule has 0 saturated carbocycles. The molecule has 1 atom stereocenters. The Morgan fingerprint density at radius 2 is 2.15 bits per heavy atom. The Hall–Kier alpha value is -1.44. The first-order valence-electron chi connectivity index (χ1n) is 6.81. The van der Waals surface area contributed by atoms with Crippen LogP contribution in [-0.2, 0) is 14.6 Å². The van der Waals surface area contributed by atoms with Gasteiger partial charge in [0.25, 0.3) is 0 Å². The van der Waals surface area contributed by atoms with Crippen molar-refractivity contribution < 1.29 is 13.2 Å². The van der Waals surface area contributed by atoms with Gasteiger partial charge >= 0.3 is 0 Å². The van der Waals surface area contributed by atoms with E-state index in [0.29, 0.717) is 13.1 Å². The molecule has 1 saturated heterocycles. The van der Waals surface area contributed by atoms with Gasteiger partial charge in [0.1, 0.15) is 17.4 Å². The molecule has 0 bridgehead atoms. The zero-order valence-corrected chi connectivity index (χ0v) is 12.6. The first-order chi connectivity index (χ1) is 9.45. The molecule has 2 rings (SSSR count). The number of carbonyl (C=O) groups excluding carboxylic acids is 1. The van der Waals surface area contributed by atoms with Crippen LogP contribution in [0.3, 0.4) is 0 Å². The number of hydrogen-bond acceptors (Lipinski definition) is 5. The number of aromatic amines is 1. The molecule has 1 fully saturated rings. The van der Waals surface area contributed by atoms with Crippen LogP contribution in [0.4, 0.5) is 0 Å². The van der Waals surface area contributed by atoms with E-state index in [0.717, 1.165) is 18.7 Å². The molecule has 1 aromatic rings. The molecular formula is C12H20N4O3S. The van der Waals surface area contributed by atoms with Gasteiger partial charge in [0.2, 0.25) is 5.91 Å². The van der Waals surface area contributed by atoms with Crippen LogP contribution in [0.5, 0.6) is 0 Å². The number of amides is 1. The van der Waals surface area contributed by atoms with Gasteiger partial charge in [-0.15, -0.1) is 0 Å². The largest absolute Gasteiger partial charge is 0.342 e. The summed E-state index contributed by atoms with van der Waals surface area (Å²) < 4.78 is 23.5. The van der Waals surface area contributed by atoms with E-state index in [1.807, 2.05) is 0 Å².